The van der Waals surface area contributed by atoms with Crippen molar-refractivity contribution in [1.82, 2.24) is 10.7 Å². The number of rotatable bonds is 4. The zero-order valence-electron chi connectivity index (χ0n) is 9.35. The molecule has 1 aromatic carbocycles. The highest BCUT2D eigenvalue weighted by molar-refractivity contribution is 8.00. The highest BCUT2D eigenvalue weighted by Crippen LogP contribution is 2.23. The van der Waals surface area contributed by atoms with Gasteiger partial charge in [0.15, 0.2) is 0 Å². The number of hydrogen-bond donors (Lipinski definition) is 4. The van der Waals surface area contributed by atoms with E-state index in [1.54, 1.807) is 11.8 Å². The van der Waals surface area contributed by atoms with Crippen molar-refractivity contribution in [2.45, 2.75) is 17.2 Å². The summed E-state index contributed by atoms with van der Waals surface area (Å²) in [6.07, 6.45) is 0.491. The summed E-state index contributed by atoms with van der Waals surface area (Å²) in [5, 5.41) is 6.31. The van der Waals surface area contributed by atoms with Gasteiger partial charge >= 0.3 is 0 Å². The largest absolute Gasteiger partial charge is 0.326 e. The fraction of sp³-hybridized carbons (Fsp3) is 0.364. The smallest absolute Gasteiger partial charge is 0.225 e. The lowest BCUT2D eigenvalue weighted by Gasteiger charge is -2.09. The van der Waals surface area contributed by atoms with Crippen LogP contribution in [0.3, 0.4) is 0 Å². The second-order valence-electron chi connectivity index (χ2n) is 3.83. The number of hydrogen-bond acceptors (Lipinski definition) is 5. The molecule has 1 aliphatic rings. The minimum atomic E-state index is 0.0353. The van der Waals surface area contributed by atoms with Crippen LogP contribution in [0.25, 0.3) is 0 Å². The quantitative estimate of drug-likeness (QED) is 0.463. The number of hydrazine groups is 1. The van der Waals surface area contributed by atoms with Crippen molar-refractivity contribution >= 4 is 23.4 Å². The Morgan fingerprint density at radius 2 is 2.24 bits per heavy atom. The summed E-state index contributed by atoms with van der Waals surface area (Å²) in [6, 6.07) is 9.47. The average molecular weight is 252 g/mol. The monoisotopic (exact) mass is 252 g/mol. The number of amides is 1. The molecule has 0 aromatic heterocycles. The maximum atomic E-state index is 11.8. The molecular formula is C11H16N4OS. The lowest BCUT2D eigenvalue weighted by Crippen LogP contribution is -2.39. The van der Waals surface area contributed by atoms with Crippen LogP contribution in [-0.4, -0.2) is 23.2 Å². The van der Waals surface area contributed by atoms with Gasteiger partial charge in [0.2, 0.25) is 5.91 Å². The van der Waals surface area contributed by atoms with Gasteiger partial charge < -0.3 is 5.32 Å². The molecule has 0 radical (unpaired) electrons. The summed E-state index contributed by atoms with van der Waals surface area (Å²) in [4.78, 5) is 11.8. The van der Waals surface area contributed by atoms with Crippen LogP contribution >= 0.6 is 11.8 Å². The molecule has 1 saturated heterocycles. The van der Waals surface area contributed by atoms with Gasteiger partial charge in [0, 0.05) is 23.9 Å². The van der Waals surface area contributed by atoms with Crippen LogP contribution in [0.4, 0.5) is 5.69 Å². The van der Waals surface area contributed by atoms with E-state index in [2.05, 4.69) is 16.1 Å². The molecule has 2 atom stereocenters. The molecular weight excluding hydrogens is 236 g/mol. The Kier molecular flexibility index (Phi) is 4.38. The maximum Gasteiger partial charge on any atom is 0.225 e. The van der Waals surface area contributed by atoms with Gasteiger partial charge in [-0.2, -0.15) is 0 Å². The average Bonchev–Trinajstić information content (AvgIpc) is 2.78. The van der Waals surface area contributed by atoms with Gasteiger partial charge in [-0.05, 0) is 12.1 Å². The van der Waals surface area contributed by atoms with Gasteiger partial charge in [0.25, 0.3) is 0 Å². The van der Waals surface area contributed by atoms with Crippen molar-refractivity contribution in [2.75, 3.05) is 11.9 Å². The molecule has 5 nitrogen and oxygen atoms in total. The molecule has 1 aliphatic heterocycles. The predicted octanol–water partition coefficient (Wildman–Crippen LogP) is 0.467. The number of nitrogens with one attached hydrogen (secondary N) is 3. The van der Waals surface area contributed by atoms with Gasteiger partial charge in [-0.1, -0.05) is 18.2 Å². The van der Waals surface area contributed by atoms with E-state index < -0.39 is 0 Å². The van der Waals surface area contributed by atoms with Crippen LogP contribution in [0.15, 0.2) is 30.3 Å². The summed E-state index contributed by atoms with van der Waals surface area (Å²) in [5.74, 6) is 5.35. The van der Waals surface area contributed by atoms with Crippen molar-refractivity contribution < 1.29 is 4.79 Å². The fourth-order valence-corrected chi connectivity index (χ4v) is 2.78. The Hall–Kier alpha value is -1.08. The Labute approximate surface area is 104 Å². The van der Waals surface area contributed by atoms with E-state index in [1.165, 1.54) is 0 Å². The zero-order valence-corrected chi connectivity index (χ0v) is 10.2. The van der Waals surface area contributed by atoms with Crippen LogP contribution in [0.1, 0.15) is 6.42 Å². The van der Waals surface area contributed by atoms with Gasteiger partial charge in [0.05, 0.1) is 0 Å². The second-order valence-corrected chi connectivity index (χ2v) is 5.24. The Bertz CT molecular complexity index is 373. The number of anilines is 1. The lowest BCUT2D eigenvalue weighted by atomic mass is 10.2. The molecule has 0 spiro atoms. The molecule has 1 unspecified atom stereocenters. The number of thioether (sulfide) groups is 1. The van der Waals surface area contributed by atoms with Crippen LogP contribution in [-0.2, 0) is 4.79 Å². The van der Waals surface area contributed by atoms with Crippen LogP contribution in [0.5, 0.6) is 0 Å². The minimum Gasteiger partial charge on any atom is -0.326 e. The first-order chi connectivity index (χ1) is 8.28. The molecule has 0 saturated carbocycles. The van der Waals surface area contributed by atoms with Crippen LogP contribution < -0.4 is 21.9 Å². The third kappa shape index (κ3) is 3.71. The van der Waals surface area contributed by atoms with Gasteiger partial charge in [-0.3, -0.25) is 16.0 Å². The molecule has 1 amide bonds. The number of carbonyl (C=O) groups is 1. The van der Waals surface area contributed by atoms with Crippen molar-refractivity contribution in [3.05, 3.63) is 30.3 Å². The van der Waals surface area contributed by atoms with Crippen molar-refractivity contribution in [3.63, 3.8) is 0 Å². The number of benzene rings is 1. The zero-order chi connectivity index (χ0) is 12.1. The molecule has 0 aliphatic carbocycles. The van der Waals surface area contributed by atoms with Crippen LogP contribution in [0.2, 0.25) is 0 Å². The predicted molar refractivity (Wildman–Crippen MR) is 70.2 cm³/mol. The molecule has 1 heterocycles. The molecule has 5 N–H and O–H groups in total. The van der Waals surface area contributed by atoms with Gasteiger partial charge in [0.1, 0.15) is 5.50 Å². The molecule has 1 fully saturated rings. The standard InChI is InChI=1S/C11H16N4OS/c12-15-11-13-7-9(17-11)6-10(16)14-8-4-2-1-3-5-8/h1-5,9,11,13,15H,6-7,12H2,(H,14,16)/t9-,11?/m1/s1. The first-order valence-electron chi connectivity index (χ1n) is 5.48. The summed E-state index contributed by atoms with van der Waals surface area (Å²) < 4.78 is 0. The normalized spacial score (nSPS) is 23.6. The highest BCUT2D eigenvalue weighted by atomic mass is 32.2. The van der Waals surface area contributed by atoms with E-state index in [0.29, 0.717) is 6.42 Å². The molecule has 0 bridgehead atoms. The van der Waals surface area contributed by atoms with Crippen LogP contribution in [0, 0.1) is 0 Å². The first kappa shape index (κ1) is 12.4. The van der Waals surface area contributed by atoms with Crippen molar-refractivity contribution in [1.29, 1.82) is 0 Å². The summed E-state index contributed by atoms with van der Waals surface area (Å²) in [7, 11) is 0. The van der Waals surface area contributed by atoms with Crippen molar-refractivity contribution in [3.8, 4) is 0 Å². The highest BCUT2D eigenvalue weighted by Gasteiger charge is 2.25. The Balaban J connectivity index is 1.78. The van der Waals surface area contributed by atoms with E-state index in [0.717, 1.165) is 12.2 Å². The number of carbonyl (C=O) groups excluding carboxylic acids is 1. The molecule has 2 rings (SSSR count). The summed E-state index contributed by atoms with van der Waals surface area (Å²) in [5.41, 5.74) is 3.52. The van der Waals surface area contributed by atoms with Gasteiger partial charge in [-0.15, -0.1) is 11.8 Å². The maximum absolute atomic E-state index is 11.8. The molecule has 92 valence electrons. The first-order valence-corrected chi connectivity index (χ1v) is 6.42. The topological polar surface area (TPSA) is 79.2 Å². The molecule has 6 heteroatoms. The minimum absolute atomic E-state index is 0.0353. The van der Waals surface area contributed by atoms with E-state index in [4.69, 9.17) is 5.84 Å². The van der Waals surface area contributed by atoms with E-state index in [9.17, 15) is 4.79 Å². The summed E-state index contributed by atoms with van der Waals surface area (Å²) in [6.45, 7) is 0.793. The molecule has 1 aromatic rings. The van der Waals surface area contributed by atoms with E-state index >= 15 is 0 Å². The van der Waals surface area contributed by atoms with Crippen molar-refractivity contribution in [2.24, 2.45) is 5.84 Å². The fourth-order valence-electron chi connectivity index (χ4n) is 1.69. The van der Waals surface area contributed by atoms with E-state index in [-0.39, 0.29) is 16.7 Å². The lowest BCUT2D eigenvalue weighted by molar-refractivity contribution is -0.116. The summed E-state index contributed by atoms with van der Waals surface area (Å²) >= 11 is 1.64. The second kappa shape index (κ2) is 6.02. The SMILES string of the molecule is NNC1NC[C@@H](CC(=O)Nc2ccccc2)S1. The number of para-hydroxylation sites is 1. The molecule has 17 heavy (non-hydrogen) atoms. The van der Waals surface area contributed by atoms with Gasteiger partial charge in [-0.25, -0.2) is 5.43 Å². The third-order valence-electron chi connectivity index (χ3n) is 2.48. The Morgan fingerprint density at radius 1 is 1.47 bits per heavy atom. The third-order valence-corrected chi connectivity index (χ3v) is 3.77. The Morgan fingerprint density at radius 3 is 2.88 bits per heavy atom. The van der Waals surface area contributed by atoms with E-state index in [1.807, 2.05) is 30.3 Å². The number of nitrogens with two attached hydrogens (primary N) is 1.